The molecule has 0 bridgehead atoms. The first kappa shape index (κ1) is 12.5. The van der Waals surface area contributed by atoms with E-state index in [2.05, 4.69) is 0 Å². The van der Waals surface area contributed by atoms with Gasteiger partial charge >= 0.3 is 5.97 Å². The highest BCUT2D eigenvalue weighted by Crippen LogP contribution is 2.29. The maximum absolute atomic E-state index is 10.6. The van der Waals surface area contributed by atoms with Crippen LogP contribution in [0.1, 0.15) is 51.9 Å². The van der Waals surface area contributed by atoms with Gasteiger partial charge in [-0.15, -0.1) is 0 Å². The molecule has 1 fully saturated rings. The number of carboxylic acids is 1. The molecular formula is C12H22O3. The summed E-state index contributed by atoms with van der Waals surface area (Å²) >= 11 is 0. The smallest absolute Gasteiger partial charge is 0.303 e. The molecular weight excluding hydrogens is 192 g/mol. The number of hydrogen-bond donors (Lipinski definition) is 2. The molecule has 1 rings (SSSR count). The first-order valence-corrected chi connectivity index (χ1v) is 6.01. The SMILES string of the molecule is CC(CC(=O)O)C(O)C1CCCCCC1. The van der Waals surface area contributed by atoms with E-state index in [1.54, 1.807) is 0 Å². The van der Waals surface area contributed by atoms with Crippen LogP contribution >= 0.6 is 0 Å². The second-order valence-corrected chi connectivity index (χ2v) is 4.82. The van der Waals surface area contributed by atoms with Gasteiger partial charge in [-0.05, 0) is 24.7 Å². The molecule has 3 nitrogen and oxygen atoms in total. The van der Waals surface area contributed by atoms with Crippen LogP contribution in [-0.4, -0.2) is 22.3 Å². The van der Waals surface area contributed by atoms with Crippen molar-refractivity contribution in [1.82, 2.24) is 0 Å². The fourth-order valence-electron chi connectivity index (χ4n) is 2.51. The Bertz CT molecular complexity index is 195. The van der Waals surface area contributed by atoms with Crippen LogP contribution in [0.25, 0.3) is 0 Å². The van der Waals surface area contributed by atoms with Crippen LogP contribution in [0.3, 0.4) is 0 Å². The van der Waals surface area contributed by atoms with Crippen LogP contribution in [0.2, 0.25) is 0 Å². The lowest BCUT2D eigenvalue weighted by atomic mass is 9.85. The van der Waals surface area contributed by atoms with Gasteiger partial charge in [-0.1, -0.05) is 32.6 Å². The normalized spacial score (nSPS) is 23.1. The number of aliphatic hydroxyl groups is 1. The summed E-state index contributed by atoms with van der Waals surface area (Å²) in [6, 6.07) is 0. The maximum Gasteiger partial charge on any atom is 0.303 e. The fraction of sp³-hybridized carbons (Fsp3) is 0.917. The van der Waals surface area contributed by atoms with Crippen molar-refractivity contribution in [3.8, 4) is 0 Å². The highest BCUT2D eigenvalue weighted by Gasteiger charge is 2.26. The van der Waals surface area contributed by atoms with E-state index in [-0.39, 0.29) is 12.3 Å². The number of rotatable bonds is 4. The minimum atomic E-state index is -0.810. The van der Waals surface area contributed by atoms with Gasteiger partial charge in [0.15, 0.2) is 0 Å². The molecule has 0 aromatic rings. The van der Waals surface area contributed by atoms with E-state index in [1.807, 2.05) is 6.92 Å². The van der Waals surface area contributed by atoms with Crippen molar-refractivity contribution in [2.24, 2.45) is 11.8 Å². The molecule has 88 valence electrons. The summed E-state index contributed by atoms with van der Waals surface area (Å²) in [6.45, 7) is 1.84. The van der Waals surface area contributed by atoms with Gasteiger partial charge in [0.25, 0.3) is 0 Å². The van der Waals surface area contributed by atoms with E-state index < -0.39 is 12.1 Å². The number of carboxylic acid groups (broad SMARTS) is 1. The molecule has 0 spiro atoms. The third kappa shape index (κ3) is 4.20. The van der Waals surface area contributed by atoms with E-state index in [1.165, 1.54) is 25.7 Å². The second kappa shape index (κ2) is 6.11. The van der Waals surface area contributed by atoms with Crippen molar-refractivity contribution in [1.29, 1.82) is 0 Å². The zero-order valence-electron chi connectivity index (χ0n) is 9.48. The van der Waals surface area contributed by atoms with Gasteiger partial charge in [0.2, 0.25) is 0 Å². The number of aliphatic hydroxyl groups excluding tert-OH is 1. The Hall–Kier alpha value is -0.570. The highest BCUT2D eigenvalue weighted by atomic mass is 16.4. The van der Waals surface area contributed by atoms with Gasteiger partial charge in [0.1, 0.15) is 0 Å². The van der Waals surface area contributed by atoms with Crippen LogP contribution in [0, 0.1) is 11.8 Å². The predicted molar refractivity (Wildman–Crippen MR) is 58.6 cm³/mol. The average Bonchev–Trinajstić information content (AvgIpc) is 2.43. The molecule has 1 saturated carbocycles. The zero-order chi connectivity index (χ0) is 11.3. The summed E-state index contributed by atoms with van der Waals surface area (Å²) < 4.78 is 0. The Morgan fingerprint density at radius 2 is 1.80 bits per heavy atom. The van der Waals surface area contributed by atoms with Crippen LogP contribution in [-0.2, 0) is 4.79 Å². The molecule has 3 heteroatoms. The van der Waals surface area contributed by atoms with E-state index in [0.717, 1.165) is 12.8 Å². The number of hydrogen-bond acceptors (Lipinski definition) is 2. The largest absolute Gasteiger partial charge is 0.481 e. The highest BCUT2D eigenvalue weighted by molar-refractivity contribution is 5.67. The Morgan fingerprint density at radius 3 is 2.27 bits per heavy atom. The van der Waals surface area contributed by atoms with Crippen molar-refractivity contribution in [3.63, 3.8) is 0 Å². The summed E-state index contributed by atoms with van der Waals surface area (Å²) in [6.07, 6.45) is 6.66. The molecule has 2 atom stereocenters. The topological polar surface area (TPSA) is 57.5 Å². The lowest BCUT2D eigenvalue weighted by molar-refractivity contribution is -0.139. The molecule has 0 aromatic carbocycles. The molecule has 1 aliphatic carbocycles. The van der Waals surface area contributed by atoms with E-state index >= 15 is 0 Å². The third-order valence-electron chi connectivity index (χ3n) is 3.46. The van der Waals surface area contributed by atoms with Crippen LogP contribution in [0.5, 0.6) is 0 Å². The van der Waals surface area contributed by atoms with Crippen molar-refractivity contribution < 1.29 is 15.0 Å². The molecule has 2 unspecified atom stereocenters. The van der Waals surface area contributed by atoms with Crippen LogP contribution in [0.4, 0.5) is 0 Å². The summed E-state index contributed by atoms with van der Waals surface area (Å²) in [5.74, 6) is -0.609. The molecule has 0 radical (unpaired) electrons. The minimum Gasteiger partial charge on any atom is -0.481 e. The predicted octanol–water partition coefficient (Wildman–Crippen LogP) is 2.43. The van der Waals surface area contributed by atoms with Gasteiger partial charge < -0.3 is 10.2 Å². The lowest BCUT2D eigenvalue weighted by Gasteiger charge is -2.25. The first-order valence-electron chi connectivity index (χ1n) is 6.01. The average molecular weight is 214 g/mol. The second-order valence-electron chi connectivity index (χ2n) is 4.82. The first-order chi connectivity index (χ1) is 7.11. The number of aliphatic carboxylic acids is 1. The van der Waals surface area contributed by atoms with Gasteiger partial charge in [-0.3, -0.25) is 4.79 Å². The molecule has 1 aliphatic rings. The van der Waals surface area contributed by atoms with E-state index in [9.17, 15) is 9.90 Å². The van der Waals surface area contributed by atoms with Crippen molar-refractivity contribution in [2.75, 3.05) is 0 Å². The maximum atomic E-state index is 10.6. The Labute approximate surface area is 91.5 Å². The Balaban J connectivity index is 2.42. The van der Waals surface area contributed by atoms with Crippen molar-refractivity contribution >= 4 is 5.97 Å². The Kier molecular flexibility index (Phi) is 5.09. The molecule has 0 aromatic heterocycles. The molecule has 0 saturated heterocycles. The van der Waals surface area contributed by atoms with Gasteiger partial charge in [-0.25, -0.2) is 0 Å². The zero-order valence-corrected chi connectivity index (χ0v) is 9.48. The van der Waals surface area contributed by atoms with Crippen molar-refractivity contribution in [3.05, 3.63) is 0 Å². The van der Waals surface area contributed by atoms with E-state index in [4.69, 9.17) is 5.11 Å². The molecule has 0 amide bonds. The summed E-state index contributed by atoms with van der Waals surface area (Å²) in [4.78, 5) is 10.6. The molecule has 0 heterocycles. The fourth-order valence-corrected chi connectivity index (χ4v) is 2.51. The van der Waals surface area contributed by atoms with Crippen LogP contribution in [0.15, 0.2) is 0 Å². The molecule has 15 heavy (non-hydrogen) atoms. The molecule has 0 aliphatic heterocycles. The summed E-state index contributed by atoms with van der Waals surface area (Å²) in [7, 11) is 0. The standard InChI is InChI=1S/C12H22O3/c1-9(8-11(13)14)12(15)10-6-4-2-3-5-7-10/h9-10,12,15H,2-8H2,1H3,(H,13,14). The monoisotopic (exact) mass is 214 g/mol. The van der Waals surface area contributed by atoms with Gasteiger partial charge in [-0.2, -0.15) is 0 Å². The van der Waals surface area contributed by atoms with Crippen molar-refractivity contribution in [2.45, 2.75) is 58.0 Å². The van der Waals surface area contributed by atoms with Gasteiger partial charge in [0, 0.05) is 0 Å². The van der Waals surface area contributed by atoms with E-state index in [0.29, 0.717) is 5.92 Å². The summed E-state index contributed by atoms with van der Waals surface area (Å²) in [5.41, 5.74) is 0. The minimum absolute atomic E-state index is 0.0810. The quantitative estimate of drug-likeness (QED) is 0.707. The number of carbonyl (C=O) groups is 1. The van der Waals surface area contributed by atoms with Crippen LogP contribution < -0.4 is 0 Å². The lowest BCUT2D eigenvalue weighted by Crippen LogP contribution is -2.28. The Morgan fingerprint density at radius 1 is 1.27 bits per heavy atom. The van der Waals surface area contributed by atoms with Gasteiger partial charge in [0.05, 0.1) is 12.5 Å². The molecule has 2 N–H and O–H groups in total. The summed E-state index contributed by atoms with van der Waals surface area (Å²) in [5, 5.41) is 18.7. The third-order valence-corrected chi connectivity index (χ3v) is 3.46.